The number of rotatable bonds is 8. The first-order valence-electron chi connectivity index (χ1n) is 12.0. The van der Waals surface area contributed by atoms with Crippen molar-refractivity contribution in [2.24, 2.45) is 0 Å². The number of carbonyl (C=O) groups excluding carboxylic acids is 1. The topological polar surface area (TPSA) is 68.6 Å². The molecule has 1 amide bonds. The summed E-state index contributed by atoms with van der Waals surface area (Å²) in [6.07, 6.45) is 2.04. The maximum absolute atomic E-state index is 12.8. The van der Waals surface area contributed by atoms with E-state index in [1.807, 2.05) is 65.5 Å². The second kappa shape index (κ2) is 11.1. The van der Waals surface area contributed by atoms with Gasteiger partial charge in [-0.15, -0.1) is 0 Å². The normalized spacial score (nSPS) is 15.1. The van der Waals surface area contributed by atoms with Gasteiger partial charge in [0.25, 0.3) is 5.91 Å². The van der Waals surface area contributed by atoms with Crippen LogP contribution in [0.4, 0.5) is 0 Å². The number of nitrogens with zero attached hydrogens (tertiary/aromatic N) is 3. The van der Waals surface area contributed by atoms with Gasteiger partial charge in [0.2, 0.25) is 0 Å². The quantitative estimate of drug-likeness (QED) is 0.376. The molecule has 0 bridgehead atoms. The van der Waals surface area contributed by atoms with Crippen LogP contribution in [0.1, 0.15) is 27.5 Å². The molecular formula is C28H29ClN4O3. The number of benzene rings is 3. The van der Waals surface area contributed by atoms with Gasteiger partial charge in [-0.2, -0.15) is 5.10 Å². The summed E-state index contributed by atoms with van der Waals surface area (Å²) in [5.41, 5.74) is 3.53. The molecular weight excluding hydrogens is 476 g/mol. The molecule has 1 aromatic heterocycles. The van der Waals surface area contributed by atoms with Crippen molar-refractivity contribution in [3.8, 4) is 5.75 Å². The Balaban J connectivity index is 1.33. The predicted molar refractivity (Wildman–Crippen MR) is 140 cm³/mol. The molecule has 1 fully saturated rings. The number of carbonyl (C=O) groups is 1. The minimum atomic E-state index is -0.143. The van der Waals surface area contributed by atoms with Gasteiger partial charge in [0.1, 0.15) is 5.75 Å². The molecule has 1 atom stereocenters. The van der Waals surface area contributed by atoms with Crippen LogP contribution in [0.15, 0.2) is 72.9 Å². The number of methoxy groups -OCH3 is 1. The zero-order chi connectivity index (χ0) is 24.9. The van der Waals surface area contributed by atoms with Gasteiger partial charge in [0, 0.05) is 41.8 Å². The molecule has 1 unspecified atom stereocenters. The second-order valence-electron chi connectivity index (χ2n) is 8.87. The number of hydrogen-bond acceptors (Lipinski definition) is 5. The van der Waals surface area contributed by atoms with E-state index in [1.54, 1.807) is 7.11 Å². The van der Waals surface area contributed by atoms with Crippen LogP contribution in [-0.4, -0.2) is 54.0 Å². The number of fused-ring (bicyclic) bond motifs is 1. The third-order valence-electron chi connectivity index (χ3n) is 6.51. The lowest BCUT2D eigenvalue weighted by atomic mass is 10.0. The van der Waals surface area contributed by atoms with E-state index in [1.165, 1.54) is 5.56 Å². The van der Waals surface area contributed by atoms with Crippen molar-refractivity contribution in [1.82, 2.24) is 20.0 Å². The van der Waals surface area contributed by atoms with E-state index in [-0.39, 0.29) is 11.9 Å². The Morgan fingerprint density at radius 3 is 2.67 bits per heavy atom. The lowest BCUT2D eigenvalue weighted by molar-refractivity contribution is 0.0116. The average molecular weight is 505 g/mol. The minimum Gasteiger partial charge on any atom is -0.497 e. The van der Waals surface area contributed by atoms with Gasteiger partial charge in [-0.3, -0.25) is 14.4 Å². The monoisotopic (exact) mass is 504 g/mol. The predicted octanol–water partition coefficient (Wildman–Crippen LogP) is 4.70. The summed E-state index contributed by atoms with van der Waals surface area (Å²) in [5, 5.41) is 9.42. The number of halogens is 1. The molecule has 2 heterocycles. The Kier molecular flexibility index (Phi) is 7.51. The molecule has 1 N–H and O–H groups in total. The third kappa shape index (κ3) is 5.70. The fraction of sp³-hybridized carbons (Fsp3) is 0.286. The van der Waals surface area contributed by atoms with Crippen LogP contribution in [0.2, 0.25) is 5.02 Å². The third-order valence-corrected chi connectivity index (χ3v) is 6.74. The number of aromatic nitrogens is 2. The summed E-state index contributed by atoms with van der Waals surface area (Å²) < 4.78 is 12.9. The first-order valence-corrected chi connectivity index (χ1v) is 12.4. The first kappa shape index (κ1) is 24.3. The van der Waals surface area contributed by atoms with E-state index in [0.717, 1.165) is 48.5 Å². The summed E-state index contributed by atoms with van der Waals surface area (Å²) in [4.78, 5) is 15.2. The number of amides is 1. The van der Waals surface area contributed by atoms with Gasteiger partial charge in [0.15, 0.2) is 0 Å². The van der Waals surface area contributed by atoms with E-state index in [4.69, 9.17) is 26.2 Å². The Hall–Kier alpha value is -3.39. The molecule has 8 heteroatoms. The van der Waals surface area contributed by atoms with E-state index < -0.39 is 0 Å². The summed E-state index contributed by atoms with van der Waals surface area (Å²) in [7, 11) is 1.68. The molecule has 1 aliphatic heterocycles. The number of hydrogen-bond donors (Lipinski definition) is 1. The molecule has 4 aromatic rings. The molecule has 1 aliphatic rings. The highest BCUT2D eigenvalue weighted by Crippen LogP contribution is 2.27. The Morgan fingerprint density at radius 2 is 1.92 bits per heavy atom. The molecule has 0 saturated carbocycles. The zero-order valence-electron chi connectivity index (χ0n) is 20.2. The first-order chi connectivity index (χ1) is 17.6. The summed E-state index contributed by atoms with van der Waals surface area (Å²) in [6.45, 7) is 4.29. The fourth-order valence-electron chi connectivity index (χ4n) is 4.56. The van der Waals surface area contributed by atoms with E-state index >= 15 is 0 Å². The molecule has 186 valence electrons. The zero-order valence-corrected chi connectivity index (χ0v) is 20.9. The number of ether oxygens (including phenoxy) is 2. The molecule has 0 radical (unpaired) electrons. The summed E-state index contributed by atoms with van der Waals surface area (Å²) in [6, 6.07) is 21.5. The highest BCUT2D eigenvalue weighted by molar-refractivity contribution is 6.30. The average Bonchev–Trinajstić information content (AvgIpc) is 3.33. The van der Waals surface area contributed by atoms with Crippen molar-refractivity contribution in [3.05, 3.63) is 94.6 Å². The highest BCUT2D eigenvalue weighted by atomic mass is 35.5. The lowest BCUT2D eigenvalue weighted by Crippen LogP contribution is -2.40. The van der Waals surface area contributed by atoms with Crippen LogP contribution in [0.25, 0.3) is 10.9 Å². The van der Waals surface area contributed by atoms with Crippen LogP contribution in [-0.2, 0) is 17.8 Å². The summed E-state index contributed by atoms with van der Waals surface area (Å²) >= 11 is 6.04. The fourth-order valence-corrected chi connectivity index (χ4v) is 4.77. The van der Waals surface area contributed by atoms with Crippen molar-refractivity contribution in [2.75, 3.05) is 33.4 Å². The van der Waals surface area contributed by atoms with Crippen LogP contribution >= 0.6 is 11.6 Å². The molecule has 0 spiro atoms. The van der Waals surface area contributed by atoms with Gasteiger partial charge in [-0.05, 0) is 47.5 Å². The van der Waals surface area contributed by atoms with E-state index in [9.17, 15) is 4.79 Å². The molecule has 7 nitrogen and oxygen atoms in total. The van der Waals surface area contributed by atoms with Gasteiger partial charge in [-0.1, -0.05) is 41.9 Å². The molecule has 36 heavy (non-hydrogen) atoms. The smallest absolute Gasteiger partial charge is 0.251 e. The van der Waals surface area contributed by atoms with Crippen LogP contribution in [0.5, 0.6) is 5.75 Å². The Bertz CT molecular complexity index is 1330. The van der Waals surface area contributed by atoms with E-state index in [2.05, 4.69) is 22.3 Å². The van der Waals surface area contributed by atoms with Crippen LogP contribution in [0.3, 0.4) is 0 Å². The molecule has 5 rings (SSSR count). The maximum atomic E-state index is 12.8. The van der Waals surface area contributed by atoms with Crippen molar-refractivity contribution in [3.63, 3.8) is 0 Å². The van der Waals surface area contributed by atoms with Crippen LogP contribution < -0.4 is 10.1 Å². The van der Waals surface area contributed by atoms with Gasteiger partial charge in [-0.25, -0.2) is 0 Å². The number of morpholine rings is 1. The molecule has 1 saturated heterocycles. The lowest BCUT2D eigenvalue weighted by Gasteiger charge is -2.34. The van der Waals surface area contributed by atoms with Crippen molar-refractivity contribution >= 4 is 28.4 Å². The van der Waals surface area contributed by atoms with Gasteiger partial charge in [0.05, 0.1) is 38.4 Å². The van der Waals surface area contributed by atoms with Crippen molar-refractivity contribution < 1.29 is 14.3 Å². The standard InChI is InChI=1S/C28H29ClN4O3/c1-35-25-9-7-21(8-10-25)27(32-11-13-36-14-12-32)19-33-18-23-6-5-22(16-26(23)31-33)28(34)30-17-20-3-2-4-24(29)15-20/h2-10,15-16,18,27H,11-14,17,19H2,1H3,(H,30,34). The minimum absolute atomic E-state index is 0.143. The summed E-state index contributed by atoms with van der Waals surface area (Å²) in [5.74, 6) is 0.696. The van der Waals surface area contributed by atoms with Crippen molar-refractivity contribution in [2.45, 2.75) is 19.1 Å². The molecule has 0 aliphatic carbocycles. The highest BCUT2D eigenvalue weighted by Gasteiger charge is 2.24. The number of nitrogens with one attached hydrogen (secondary N) is 1. The Labute approximate surface area is 215 Å². The maximum Gasteiger partial charge on any atom is 0.251 e. The van der Waals surface area contributed by atoms with Gasteiger partial charge < -0.3 is 14.8 Å². The van der Waals surface area contributed by atoms with Gasteiger partial charge >= 0.3 is 0 Å². The second-order valence-corrected chi connectivity index (χ2v) is 9.31. The Morgan fingerprint density at radius 1 is 1.11 bits per heavy atom. The SMILES string of the molecule is COc1ccc(C(Cn2cc3ccc(C(=O)NCc4cccc(Cl)c4)cc3n2)N2CCOCC2)cc1. The molecule has 3 aromatic carbocycles. The largest absolute Gasteiger partial charge is 0.497 e. The van der Waals surface area contributed by atoms with Crippen molar-refractivity contribution in [1.29, 1.82) is 0 Å². The van der Waals surface area contributed by atoms with Crippen LogP contribution in [0, 0.1) is 0 Å². The van der Waals surface area contributed by atoms with E-state index in [0.29, 0.717) is 23.7 Å².